The van der Waals surface area contributed by atoms with Crippen LogP contribution in [0.5, 0.6) is 5.75 Å². The van der Waals surface area contributed by atoms with Crippen LogP contribution in [-0.4, -0.2) is 47.4 Å². The summed E-state index contributed by atoms with van der Waals surface area (Å²) in [6.07, 6.45) is -6.11. The van der Waals surface area contributed by atoms with Gasteiger partial charge in [-0.3, -0.25) is 4.79 Å². The molecule has 0 atom stereocenters. The monoisotopic (exact) mass is 339 g/mol. The van der Waals surface area contributed by atoms with E-state index in [1.165, 1.54) is 24.3 Å². The zero-order chi connectivity index (χ0) is 17.3. The minimum atomic E-state index is -4.78. The Morgan fingerprint density at radius 2 is 1.78 bits per heavy atom. The fourth-order valence-electron chi connectivity index (χ4n) is 2.38. The molecule has 23 heavy (non-hydrogen) atoms. The number of halogens is 5. The molecule has 0 saturated carbocycles. The van der Waals surface area contributed by atoms with Crippen LogP contribution in [0.4, 0.5) is 22.0 Å². The van der Waals surface area contributed by atoms with Crippen molar-refractivity contribution in [2.75, 3.05) is 13.1 Å². The first kappa shape index (κ1) is 17.5. The van der Waals surface area contributed by atoms with Crippen LogP contribution < -0.4 is 4.74 Å². The standard InChI is InChI=1S/C14H14F5NO3/c15-12(16)23-10-4-2-1-3-9(10)11(21)20-7-5-13(22,6-8-20)14(17,18)19/h1-4,12,22H,5-8H2. The van der Waals surface area contributed by atoms with Crippen molar-refractivity contribution in [3.8, 4) is 5.75 Å². The molecule has 1 fully saturated rings. The van der Waals surface area contributed by atoms with Crippen LogP contribution >= 0.6 is 0 Å². The highest BCUT2D eigenvalue weighted by molar-refractivity contribution is 5.97. The average molecular weight is 339 g/mol. The molecule has 1 N–H and O–H groups in total. The fourth-order valence-corrected chi connectivity index (χ4v) is 2.38. The van der Waals surface area contributed by atoms with E-state index < -0.39 is 37.1 Å². The van der Waals surface area contributed by atoms with Gasteiger partial charge in [0.15, 0.2) is 5.60 Å². The number of rotatable bonds is 3. The quantitative estimate of drug-likeness (QED) is 0.862. The summed E-state index contributed by atoms with van der Waals surface area (Å²) in [7, 11) is 0. The Hall–Kier alpha value is -1.90. The molecule has 1 heterocycles. The Bertz CT molecular complexity index is 568. The first-order valence-corrected chi connectivity index (χ1v) is 6.76. The normalized spacial score (nSPS) is 18.1. The number of hydrogen-bond acceptors (Lipinski definition) is 3. The second-order valence-electron chi connectivity index (χ2n) is 5.20. The van der Waals surface area contributed by atoms with Crippen molar-refractivity contribution < 1.29 is 36.6 Å². The van der Waals surface area contributed by atoms with Gasteiger partial charge < -0.3 is 14.7 Å². The molecular weight excluding hydrogens is 325 g/mol. The number of ether oxygens (including phenoxy) is 1. The van der Waals surface area contributed by atoms with Crippen LogP contribution in [0, 0.1) is 0 Å². The van der Waals surface area contributed by atoms with E-state index in [0.29, 0.717) is 0 Å². The summed E-state index contributed by atoms with van der Waals surface area (Å²) in [5.74, 6) is -1.06. The number of alkyl halides is 5. The highest BCUT2D eigenvalue weighted by Gasteiger charge is 2.55. The molecular formula is C14H14F5NO3. The van der Waals surface area contributed by atoms with E-state index in [-0.39, 0.29) is 24.4 Å². The highest BCUT2D eigenvalue weighted by Crippen LogP contribution is 2.38. The van der Waals surface area contributed by atoms with Gasteiger partial charge in [0.2, 0.25) is 0 Å². The van der Waals surface area contributed by atoms with Gasteiger partial charge in [0.05, 0.1) is 5.56 Å². The average Bonchev–Trinajstić information content (AvgIpc) is 2.46. The lowest BCUT2D eigenvalue weighted by molar-refractivity contribution is -0.271. The summed E-state index contributed by atoms with van der Waals surface area (Å²) in [4.78, 5) is 13.4. The van der Waals surface area contributed by atoms with Gasteiger partial charge in [-0.2, -0.15) is 22.0 Å². The van der Waals surface area contributed by atoms with E-state index in [1.54, 1.807) is 0 Å². The zero-order valence-electron chi connectivity index (χ0n) is 11.8. The van der Waals surface area contributed by atoms with Crippen LogP contribution in [-0.2, 0) is 0 Å². The number of benzene rings is 1. The lowest BCUT2D eigenvalue weighted by Crippen LogP contribution is -2.54. The number of para-hydroxylation sites is 1. The second-order valence-corrected chi connectivity index (χ2v) is 5.20. The Balaban J connectivity index is 2.12. The largest absolute Gasteiger partial charge is 0.434 e. The number of nitrogens with zero attached hydrogens (tertiary/aromatic N) is 1. The SMILES string of the molecule is O=C(c1ccccc1OC(F)F)N1CCC(O)(C(F)(F)F)CC1. The third-order valence-corrected chi connectivity index (χ3v) is 3.74. The van der Waals surface area contributed by atoms with Crippen LogP contribution in [0.1, 0.15) is 23.2 Å². The highest BCUT2D eigenvalue weighted by atomic mass is 19.4. The first-order valence-electron chi connectivity index (χ1n) is 6.76. The minimum Gasteiger partial charge on any atom is -0.434 e. The molecule has 0 unspecified atom stereocenters. The molecule has 0 aliphatic carbocycles. The van der Waals surface area contributed by atoms with Gasteiger partial charge >= 0.3 is 12.8 Å². The van der Waals surface area contributed by atoms with E-state index in [9.17, 15) is 31.9 Å². The van der Waals surface area contributed by atoms with E-state index in [1.807, 2.05) is 0 Å². The van der Waals surface area contributed by atoms with Gasteiger partial charge in [0.1, 0.15) is 5.75 Å². The van der Waals surface area contributed by atoms with Crippen molar-refractivity contribution in [3.63, 3.8) is 0 Å². The van der Waals surface area contributed by atoms with E-state index in [4.69, 9.17) is 0 Å². The Labute approximate surface area is 128 Å². The molecule has 0 radical (unpaired) electrons. The maximum atomic E-state index is 12.7. The van der Waals surface area contributed by atoms with Crippen LogP contribution in [0.2, 0.25) is 0 Å². The van der Waals surface area contributed by atoms with Crippen molar-refractivity contribution >= 4 is 5.91 Å². The number of hydrogen-bond donors (Lipinski definition) is 1. The molecule has 1 aromatic carbocycles. The van der Waals surface area contributed by atoms with Crippen molar-refractivity contribution in [2.24, 2.45) is 0 Å². The van der Waals surface area contributed by atoms with Gasteiger partial charge in [0.25, 0.3) is 5.91 Å². The first-order chi connectivity index (χ1) is 10.6. The maximum Gasteiger partial charge on any atom is 0.417 e. The predicted molar refractivity (Wildman–Crippen MR) is 69.2 cm³/mol. The van der Waals surface area contributed by atoms with Crippen LogP contribution in [0.3, 0.4) is 0 Å². The van der Waals surface area contributed by atoms with Gasteiger partial charge in [-0.25, -0.2) is 0 Å². The van der Waals surface area contributed by atoms with Gasteiger partial charge in [0, 0.05) is 25.9 Å². The number of piperidine rings is 1. The van der Waals surface area contributed by atoms with Crippen molar-refractivity contribution in [3.05, 3.63) is 29.8 Å². The Kier molecular flexibility index (Phi) is 4.79. The molecule has 0 aromatic heterocycles. The Morgan fingerprint density at radius 3 is 2.30 bits per heavy atom. The van der Waals surface area contributed by atoms with Crippen LogP contribution in [0.25, 0.3) is 0 Å². The number of aliphatic hydroxyl groups is 1. The number of carbonyl (C=O) groups excluding carboxylic acids is 1. The molecule has 4 nitrogen and oxygen atoms in total. The molecule has 1 aromatic rings. The molecule has 2 rings (SSSR count). The number of likely N-dealkylation sites (tertiary alicyclic amines) is 1. The van der Waals surface area contributed by atoms with E-state index in [2.05, 4.69) is 4.74 Å². The van der Waals surface area contributed by atoms with Gasteiger partial charge in [-0.15, -0.1) is 0 Å². The minimum absolute atomic E-state index is 0.162. The molecule has 9 heteroatoms. The van der Waals surface area contributed by atoms with Crippen molar-refractivity contribution in [1.82, 2.24) is 4.90 Å². The Morgan fingerprint density at radius 1 is 1.22 bits per heavy atom. The summed E-state index contributed by atoms with van der Waals surface area (Å²) in [6.45, 7) is -3.80. The second kappa shape index (κ2) is 6.31. The smallest absolute Gasteiger partial charge is 0.417 e. The summed E-state index contributed by atoms with van der Waals surface area (Å²) in [6, 6.07) is 5.26. The lowest BCUT2D eigenvalue weighted by Gasteiger charge is -2.39. The summed E-state index contributed by atoms with van der Waals surface area (Å²) in [5, 5.41) is 9.56. The topological polar surface area (TPSA) is 49.8 Å². The molecule has 1 aliphatic heterocycles. The third-order valence-electron chi connectivity index (χ3n) is 3.74. The van der Waals surface area contributed by atoms with E-state index >= 15 is 0 Å². The van der Waals surface area contributed by atoms with Crippen LogP contribution in [0.15, 0.2) is 24.3 Å². The molecule has 0 bridgehead atoms. The number of amides is 1. The third kappa shape index (κ3) is 3.72. The van der Waals surface area contributed by atoms with Crippen molar-refractivity contribution in [1.29, 1.82) is 0 Å². The van der Waals surface area contributed by atoms with E-state index in [0.717, 1.165) is 4.90 Å². The lowest BCUT2D eigenvalue weighted by atomic mass is 9.90. The molecule has 128 valence electrons. The summed E-state index contributed by atoms with van der Waals surface area (Å²) >= 11 is 0. The zero-order valence-corrected chi connectivity index (χ0v) is 11.8. The summed E-state index contributed by atoms with van der Waals surface area (Å²) < 4.78 is 67.1. The van der Waals surface area contributed by atoms with Gasteiger partial charge in [-0.1, -0.05) is 12.1 Å². The van der Waals surface area contributed by atoms with Gasteiger partial charge in [-0.05, 0) is 12.1 Å². The molecule has 0 spiro atoms. The maximum absolute atomic E-state index is 12.7. The molecule has 1 amide bonds. The summed E-state index contributed by atoms with van der Waals surface area (Å²) in [5.41, 5.74) is -2.99. The predicted octanol–water partition coefficient (Wildman–Crippen LogP) is 2.82. The molecule has 1 saturated heterocycles. The fraction of sp³-hybridized carbons (Fsp3) is 0.500. The number of carbonyl (C=O) groups is 1. The van der Waals surface area contributed by atoms with Crippen molar-refractivity contribution in [2.45, 2.75) is 31.2 Å². The molecule has 1 aliphatic rings.